The second-order valence-corrected chi connectivity index (χ2v) is 4.88. The quantitative estimate of drug-likeness (QED) is 0.509. The largest absolute Gasteiger partial charge is 0.375 e. The number of carbonyl (C=O) groups is 1. The van der Waals surface area contributed by atoms with Crippen molar-refractivity contribution in [3.8, 4) is 0 Å². The molecule has 0 aromatic heterocycles. The molecule has 6 heteroatoms. The van der Waals surface area contributed by atoms with Crippen LogP contribution >= 0.6 is 24.0 Å². The summed E-state index contributed by atoms with van der Waals surface area (Å²) >= 11 is 6.30. The Balaban J connectivity index is 2.07. The Morgan fingerprint density at radius 3 is 2.94 bits per heavy atom. The molecule has 0 spiro atoms. The summed E-state index contributed by atoms with van der Waals surface area (Å²) in [4.78, 5) is 13.0. The van der Waals surface area contributed by atoms with E-state index in [9.17, 15) is 4.79 Å². The third kappa shape index (κ3) is 2.28. The van der Waals surface area contributed by atoms with E-state index < -0.39 is 0 Å². The molecule has 1 aromatic carbocycles. The maximum absolute atomic E-state index is 11.8. The molecule has 4 nitrogen and oxygen atoms in total. The van der Waals surface area contributed by atoms with Crippen LogP contribution in [0.15, 0.2) is 29.2 Å². The second kappa shape index (κ2) is 4.71. The van der Waals surface area contributed by atoms with Gasteiger partial charge in [-0.1, -0.05) is 18.2 Å². The van der Waals surface area contributed by atoms with Gasteiger partial charge in [0.1, 0.15) is 0 Å². The standard InChI is InChI=1S/C10H11N3OS2/c11-10(15)13-12-9(14)7-5-16-8-4-2-1-3-6(7)8/h1-4,7H,5H2,(H,12,14)(H3,11,13,15). The summed E-state index contributed by atoms with van der Waals surface area (Å²) in [6, 6.07) is 7.90. The smallest absolute Gasteiger partial charge is 0.246 e. The van der Waals surface area contributed by atoms with Crippen molar-refractivity contribution in [1.29, 1.82) is 0 Å². The normalized spacial score (nSPS) is 17.6. The van der Waals surface area contributed by atoms with Crippen LogP contribution in [0.3, 0.4) is 0 Å². The highest BCUT2D eigenvalue weighted by Crippen LogP contribution is 2.39. The Hall–Kier alpha value is -1.27. The Morgan fingerprint density at radius 2 is 2.19 bits per heavy atom. The fourth-order valence-corrected chi connectivity index (χ4v) is 2.87. The third-order valence-corrected chi connectivity index (χ3v) is 3.61. The predicted molar refractivity (Wildman–Crippen MR) is 68.0 cm³/mol. The summed E-state index contributed by atoms with van der Waals surface area (Å²) in [5.41, 5.74) is 11.2. The van der Waals surface area contributed by atoms with E-state index in [0.29, 0.717) is 0 Å². The van der Waals surface area contributed by atoms with Crippen molar-refractivity contribution in [2.45, 2.75) is 10.8 Å². The number of carbonyl (C=O) groups excluding carboxylic acids is 1. The predicted octanol–water partition coefficient (Wildman–Crippen LogP) is 0.740. The van der Waals surface area contributed by atoms with Gasteiger partial charge in [0.15, 0.2) is 5.11 Å². The molecule has 1 unspecified atom stereocenters. The number of hydrazine groups is 1. The average molecular weight is 253 g/mol. The summed E-state index contributed by atoms with van der Waals surface area (Å²) in [7, 11) is 0. The molecule has 1 aromatic rings. The van der Waals surface area contributed by atoms with Crippen molar-refractivity contribution in [1.82, 2.24) is 10.9 Å². The zero-order chi connectivity index (χ0) is 11.5. The topological polar surface area (TPSA) is 67.2 Å². The Labute approximate surface area is 103 Å². The molecule has 0 aliphatic carbocycles. The number of fused-ring (bicyclic) bond motifs is 1. The monoisotopic (exact) mass is 253 g/mol. The molecule has 0 radical (unpaired) electrons. The zero-order valence-corrected chi connectivity index (χ0v) is 10.0. The van der Waals surface area contributed by atoms with Crippen LogP contribution in [0, 0.1) is 0 Å². The Kier molecular flexibility index (Phi) is 3.31. The molecule has 16 heavy (non-hydrogen) atoms. The lowest BCUT2D eigenvalue weighted by atomic mass is 10.0. The summed E-state index contributed by atoms with van der Waals surface area (Å²) in [6.07, 6.45) is 0. The number of nitrogens with one attached hydrogen (secondary N) is 2. The maximum Gasteiger partial charge on any atom is 0.246 e. The first kappa shape index (κ1) is 11.2. The fourth-order valence-electron chi connectivity index (χ4n) is 1.59. The number of thiocarbonyl (C=S) groups is 1. The average Bonchev–Trinajstić information content (AvgIpc) is 2.69. The number of hydrogen-bond donors (Lipinski definition) is 3. The van der Waals surface area contributed by atoms with Gasteiger partial charge in [0.05, 0.1) is 5.92 Å². The van der Waals surface area contributed by atoms with E-state index in [4.69, 9.17) is 5.73 Å². The number of nitrogens with two attached hydrogens (primary N) is 1. The van der Waals surface area contributed by atoms with Crippen molar-refractivity contribution >= 4 is 35.0 Å². The van der Waals surface area contributed by atoms with E-state index in [1.54, 1.807) is 11.8 Å². The van der Waals surface area contributed by atoms with Crippen LogP contribution in [0.25, 0.3) is 0 Å². The fraction of sp³-hybridized carbons (Fsp3) is 0.200. The number of thioether (sulfide) groups is 1. The summed E-state index contributed by atoms with van der Waals surface area (Å²) < 4.78 is 0. The number of hydrogen-bond acceptors (Lipinski definition) is 3. The molecule has 0 saturated heterocycles. The van der Waals surface area contributed by atoms with E-state index >= 15 is 0 Å². The number of amides is 1. The van der Waals surface area contributed by atoms with Gasteiger partial charge in [-0.25, -0.2) is 0 Å². The molecule has 2 rings (SSSR count). The number of benzene rings is 1. The van der Waals surface area contributed by atoms with Crippen molar-refractivity contribution < 1.29 is 4.79 Å². The minimum atomic E-state index is -0.136. The van der Waals surface area contributed by atoms with Gasteiger partial charge in [0.2, 0.25) is 5.91 Å². The van der Waals surface area contributed by atoms with E-state index in [2.05, 4.69) is 23.1 Å². The van der Waals surface area contributed by atoms with Crippen LogP contribution in [0.2, 0.25) is 0 Å². The lowest BCUT2D eigenvalue weighted by molar-refractivity contribution is -0.122. The molecule has 1 amide bonds. The highest BCUT2D eigenvalue weighted by atomic mass is 32.2. The molecule has 0 bridgehead atoms. The van der Waals surface area contributed by atoms with Gasteiger partial charge in [-0.15, -0.1) is 11.8 Å². The van der Waals surface area contributed by atoms with E-state index in [0.717, 1.165) is 16.2 Å². The third-order valence-electron chi connectivity index (χ3n) is 2.33. The first-order chi connectivity index (χ1) is 7.68. The Bertz CT molecular complexity index is 436. The van der Waals surface area contributed by atoms with Crippen LogP contribution in [0.5, 0.6) is 0 Å². The van der Waals surface area contributed by atoms with Gasteiger partial charge in [-0.2, -0.15) is 0 Å². The second-order valence-electron chi connectivity index (χ2n) is 3.38. The van der Waals surface area contributed by atoms with Crippen LogP contribution in [0.1, 0.15) is 11.5 Å². The number of rotatable bonds is 1. The van der Waals surface area contributed by atoms with Crippen molar-refractivity contribution in [3.05, 3.63) is 29.8 Å². The molecular weight excluding hydrogens is 242 g/mol. The van der Waals surface area contributed by atoms with Crippen molar-refractivity contribution in [3.63, 3.8) is 0 Å². The van der Waals surface area contributed by atoms with Crippen molar-refractivity contribution in [2.24, 2.45) is 5.73 Å². The van der Waals surface area contributed by atoms with Gasteiger partial charge in [-0.05, 0) is 23.8 Å². The van der Waals surface area contributed by atoms with Crippen LogP contribution in [0.4, 0.5) is 0 Å². The van der Waals surface area contributed by atoms with Gasteiger partial charge in [0.25, 0.3) is 0 Å². The molecular formula is C10H11N3OS2. The van der Waals surface area contributed by atoms with Crippen molar-refractivity contribution in [2.75, 3.05) is 5.75 Å². The SMILES string of the molecule is NC(=S)NNC(=O)C1CSc2ccccc21. The molecule has 0 fully saturated rings. The maximum atomic E-state index is 11.8. The van der Waals surface area contributed by atoms with Gasteiger partial charge < -0.3 is 5.73 Å². The lowest BCUT2D eigenvalue weighted by Gasteiger charge is -2.11. The van der Waals surface area contributed by atoms with E-state index in [1.807, 2.05) is 24.3 Å². The molecule has 1 aliphatic heterocycles. The highest BCUT2D eigenvalue weighted by molar-refractivity contribution is 7.99. The summed E-state index contributed by atoms with van der Waals surface area (Å²) in [5.74, 6) is 0.512. The van der Waals surface area contributed by atoms with E-state index in [-0.39, 0.29) is 16.9 Å². The lowest BCUT2D eigenvalue weighted by Crippen LogP contribution is -2.46. The Morgan fingerprint density at radius 1 is 1.44 bits per heavy atom. The summed E-state index contributed by atoms with van der Waals surface area (Å²) in [6.45, 7) is 0. The van der Waals surface area contributed by atoms with Crippen LogP contribution in [-0.4, -0.2) is 16.8 Å². The van der Waals surface area contributed by atoms with Gasteiger partial charge in [0, 0.05) is 10.6 Å². The minimum Gasteiger partial charge on any atom is -0.375 e. The van der Waals surface area contributed by atoms with Gasteiger partial charge >= 0.3 is 0 Å². The first-order valence-electron chi connectivity index (χ1n) is 4.75. The molecule has 0 saturated carbocycles. The molecule has 1 heterocycles. The molecule has 1 aliphatic rings. The molecule has 1 atom stereocenters. The van der Waals surface area contributed by atoms with Gasteiger partial charge in [-0.3, -0.25) is 15.6 Å². The van der Waals surface area contributed by atoms with E-state index in [1.165, 1.54) is 0 Å². The summed E-state index contributed by atoms with van der Waals surface area (Å²) in [5, 5.41) is 0.0623. The molecule has 84 valence electrons. The van der Waals surface area contributed by atoms with Crippen LogP contribution < -0.4 is 16.6 Å². The minimum absolute atomic E-state index is 0.0623. The highest BCUT2D eigenvalue weighted by Gasteiger charge is 2.28. The zero-order valence-electron chi connectivity index (χ0n) is 8.40. The first-order valence-corrected chi connectivity index (χ1v) is 6.15. The molecule has 4 N–H and O–H groups in total. The van der Waals surface area contributed by atoms with Crippen LogP contribution in [-0.2, 0) is 4.79 Å².